The molecule has 5 rings (SSSR count). The van der Waals surface area contributed by atoms with E-state index in [0.717, 1.165) is 32.9 Å². The van der Waals surface area contributed by atoms with Gasteiger partial charge in [0.2, 0.25) is 6.10 Å². The van der Waals surface area contributed by atoms with Gasteiger partial charge in [-0.3, -0.25) is 0 Å². The fraction of sp³-hybridized carbons (Fsp3) is 0.192. The molecule has 1 unspecified atom stereocenters. The molecule has 3 aromatic heterocycles. The van der Waals surface area contributed by atoms with Gasteiger partial charge in [0, 0.05) is 55.4 Å². The molecule has 0 fully saturated rings. The van der Waals surface area contributed by atoms with Gasteiger partial charge in [0.15, 0.2) is 0 Å². The van der Waals surface area contributed by atoms with Crippen molar-refractivity contribution in [2.45, 2.75) is 12.0 Å². The molecule has 0 radical (unpaired) electrons. The number of aliphatic carboxylic acids is 1. The van der Waals surface area contributed by atoms with Crippen molar-refractivity contribution in [3.05, 3.63) is 95.7 Å². The molecule has 0 bridgehead atoms. The molecule has 0 aliphatic heterocycles. The Bertz CT molecular complexity index is 1360. The quantitative estimate of drug-likeness (QED) is 0.403. The van der Waals surface area contributed by atoms with Gasteiger partial charge in [0.25, 0.3) is 0 Å². The maximum absolute atomic E-state index is 11.6. The third-order valence-electron chi connectivity index (χ3n) is 6.13. The first-order valence-electron chi connectivity index (χ1n) is 10.4. The first-order chi connectivity index (χ1) is 15.5. The maximum Gasteiger partial charge on any atom is 0.340 e. The highest BCUT2D eigenvalue weighted by Crippen LogP contribution is 2.41. The molecule has 1 atom stereocenters. The molecule has 6 nitrogen and oxygen atoms in total. The topological polar surface area (TPSA) is 69.5 Å². The summed E-state index contributed by atoms with van der Waals surface area (Å²) < 4.78 is 15.5. The monoisotopic (exact) mass is 428 g/mol. The van der Waals surface area contributed by atoms with Crippen molar-refractivity contribution in [1.82, 2.24) is 9.13 Å². The van der Waals surface area contributed by atoms with Gasteiger partial charge in [-0.2, -0.15) is 0 Å². The van der Waals surface area contributed by atoms with E-state index in [4.69, 9.17) is 9.15 Å². The lowest BCUT2D eigenvalue weighted by molar-refractivity contribution is -0.149. The van der Waals surface area contributed by atoms with E-state index in [1.54, 1.807) is 6.07 Å². The number of hydrogen-bond acceptors (Lipinski definition) is 3. The van der Waals surface area contributed by atoms with Gasteiger partial charge in [-0.15, -0.1) is 0 Å². The molecule has 0 aliphatic carbocycles. The summed E-state index contributed by atoms with van der Waals surface area (Å²) in [5.74, 6) is -0.344. The van der Waals surface area contributed by atoms with Gasteiger partial charge < -0.3 is 23.4 Å². The summed E-state index contributed by atoms with van der Waals surface area (Å²) in [6.07, 6.45) is 3.11. The summed E-state index contributed by atoms with van der Waals surface area (Å²) in [6, 6.07) is 20.1. The highest BCUT2D eigenvalue weighted by molar-refractivity contribution is 5.89. The Labute approximate surface area is 185 Å². The highest BCUT2D eigenvalue weighted by Gasteiger charge is 2.30. The van der Waals surface area contributed by atoms with E-state index in [1.165, 1.54) is 7.11 Å². The second-order valence-electron chi connectivity index (χ2n) is 8.05. The Morgan fingerprint density at radius 3 is 1.84 bits per heavy atom. The van der Waals surface area contributed by atoms with Crippen molar-refractivity contribution in [2.75, 3.05) is 7.11 Å². The average molecular weight is 428 g/mol. The number of hydrogen-bond donors (Lipinski definition) is 1. The zero-order valence-corrected chi connectivity index (χ0v) is 18.1. The summed E-state index contributed by atoms with van der Waals surface area (Å²) in [4.78, 5) is 11.6. The first-order valence-corrected chi connectivity index (χ1v) is 10.4. The van der Waals surface area contributed by atoms with Gasteiger partial charge in [-0.1, -0.05) is 36.4 Å². The molecule has 0 amide bonds. The van der Waals surface area contributed by atoms with E-state index in [9.17, 15) is 9.90 Å². The zero-order valence-electron chi connectivity index (χ0n) is 18.1. The molecule has 0 saturated carbocycles. The van der Waals surface area contributed by atoms with Crippen LogP contribution in [0.2, 0.25) is 0 Å². The average Bonchev–Trinajstić information content (AvgIpc) is 3.48. The summed E-state index contributed by atoms with van der Waals surface area (Å²) in [5.41, 5.74) is 4.45. The minimum atomic E-state index is -1.15. The summed E-state index contributed by atoms with van der Waals surface area (Å²) in [6.45, 7) is 0. The Hall–Kier alpha value is -3.77. The largest absolute Gasteiger partial charge is 0.479 e. The molecule has 0 aliphatic rings. The molecule has 32 heavy (non-hydrogen) atoms. The maximum atomic E-state index is 11.6. The second kappa shape index (κ2) is 7.73. The van der Waals surface area contributed by atoms with Gasteiger partial charge >= 0.3 is 5.97 Å². The van der Waals surface area contributed by atoms with Crippen LogP contribution < -0.4 is 0 Å². The van der Waals surface area contributed by atoms with E-state index in [-0.39, 0.29) is 11.7 Å². The molecular formula is C26H24N2O4. The van der Waals surface area contributed by atoms with Crippen molar-refractivity contribution in [1.29, 1.82) is 0 Å². The Balaban J connectivity index is 1.77. The number of aromatic nitrogens is 2. The van der Waals surface area contributed by atoms with Gasteiger partial charge in [-0.25, -0.2) is 4.79 Å². The van der Waals surface area contributed by atoms with Crippen LogP contribution in [0, 0.1) is 0 Å². The second-order valence-corrected chi connectivity index (χ2v) is 8.05. The minimum Gasteiger partial charge on any atom is -0.479 e. The van der Waals surface area contributed by atoms with Crippen LogP contribution in [0.5, 0.6) is 0 Å². The normalized spacial score (nSPS) is 12.8. The number of furan rings is 1. The molecule has 1 N–H and O–H groups in total. The first kappa shape index (κ1) is 20.2. The number of carbonyl (C=O) groups is 1. The molecule has 3 heterocycles. The number of ether oxygens (including phenoxy) is 1. The third-order valence-corrected chi connectivity index (χ3v) is 6.13. The van der Waals surface area contributed by atoms with E-state index >= 15 is 0 Å². The summed E-state index contributed by atoms with van der Waals surface area (Å²) in [7, 11) is 5.43. The van der Waals surface area contributed by atoms with Crippen LogP contribution in [-0.4, -0.2) is 27.3 Å². The van der Waals surface area contributed by atoms with E-state index in [0.29, 0.717) is 5.76 Å². The van der Waals surface area contributed by atoms with Crippen LogP contribution >= 0.6 is 0 Å². The fourth-order valence-corrected chi connectivity index (χ4v) is 4.68. The number of methoxy groups -OCH3 is 1. The summed E-state index contributed by atoms with van der Waals surface area (Å²) >= 11 is 0. The number of fused-ring (bicyclic) bond motifs is 2. The number of benzene rings is 2. The molecule has 2 aromatic carbocycles. The Morgan fingerprint density at radius 2 is 1.34 bits per heavy atom. The van der Waals surface area contributed by atoms with E-state index in [2.05, 4.69) is 45.8 Å². The smallest absolute Gasteiger partial charge is 0.340 e. The van der Waals surface area contributed by atoms with Crippen LogP contribution in [0.15, 0.2) is 77.5 Å². The Kier molecular flexibility index (Phi) is 4.87. The van der Waals surface area contributed by atoms with E-state index in [1.807, 2.05) is 44.4 Å². The molecule has 0 saturated heterocycles. The van der Waals surface area contributed by atoms with Crippen molar-refractivity contribution >= 4 is 27.8 Å². The van der Waals surface area contributed by atoms with Crippen molar-refractivity contribution in [3.63, 3.8) is 0 Å². The molecule has 162 valence electrons. The third kappa shape index (κ3) is 3.11. The number of nitrogens with zero attached hydrogens (tertiary/aromatic N) is 2. The van der Waals surface area contributed by atoms with Crippen LogP contribution in [0.4, 0.5) is 0 Å². The number of para-hydroxylation sites is 2. The number of rotatable bonds is 6. The molecular weight excluding hydrogens is 404 g/mol. The predicted molar refractivity (Wildman–Crippen MR) is 123 cm³/mol. The van der Waals surface area contributed by atoms with Gasteiger partial charge in [0.1, 0.15) is 11.5 Å². The van der Waals surface area contributed by atoms with Crippen molar-refractivity contribution in [3.8, 4) is 0 Å². The van der Waals surface area contributed by atoms with Crippen LogP contribution in [0.25, 0.3) is 21.8 Å². The fourth-order valence-electron chi connectivity index (χ4n) is 4.68. The molecule has 0 spiro atoms. The van der Waals surface area contributed by atoms with Crippen LogP contribution in [0.3, 0.4) is 0 Å². The summed E-state index contributed by atoms with van der Waals surface area (Å²) in [5, 5.41) is 11.8. The number of carboxylic acid groups (broad SMARTS) is 1. The number of carboxylic acids is 1. The predicted octanol–water partition coefficient (Wildman–Crippen LogP) is 5.22. The van der Waals surface area contributed by atoms with Crippen molar-refractivity contribution in [2.24, 2.45) is 14.1 Å². The number of aryl methyl sites for hydroxylation is 2. The van der Waals surface area contributed by atoms with Crippen molar-refractivity contribution < 1.29 is 19.1 Å². The van der Waals surface area contributed by atoms with Gasteiger partial charge in [-0.05, 0) is 35.4 Å². The highest BCUT2D eigenvalue weighted by atomic mass is 16.5. The standard InChI is InChI=1S/C26H24N2O4/c1-27-14-18(16-8-4-6-10-20(16)27)24(19-15-28(2)21-11-7-5-9-17(19)21)22-12-13-23(32-22)25(31-3)26(29)30/h4-15,24-25H,1-3H3,(H,29,30). The van der Waals surface area contributed by atoms with Crippen LogP contribution in [-0.2, 0) is 23.6 Å². The molecule has 6 heteroatoms. The lowest BCUT2D eigenvalue weighted by atomic mass is 9.88. The Morgan fingerprint density at radius 1 is 0.844 bits per heavy atom. The van der Waals surface area contributed by atoms with Crippen LogP contribution in [0.1, 0.15) is 34.7 Å². The lowest BCUT2D eigenvalue weighted by Gasteiger charge is -2.15. The SMILES string of the molecule is COC(C(=O)O)c1ccc(C(c2cn(C)c3ccccc23)c2cn(C)c3ccccc23)o1. The lowest BCUT2D eigenvalue weighted by Crippen LogP contribution is -2.12. The molecule has 5 aromatic rings. The minimum absolute atomic E-state index is 0.216. The van der Waals surface area contributed by atoms with E-state index < -0.39 is 12.1 Å². The zero-order chi connectivity index (χ0) is 22.4. The van der Waals surface area contributed by atoms with Gasteiger partial charge in [0.05, 0.1) is 5.92 Å².